The monoisotopic (exact) mass is 284 g/mol. The molecule has 2 nitrogen and oxygen atoms in total. The number of imidazole rings is 1. The van der Waals surface area contributed by atoms with Crippen molar-refractivity contribution in [3.63, 3.8) is 0 Å². The number of halogens is 2. The van der Waals surface area contributed by atoms with Crippen molar-refractivity contribution in [3.8, 4) is 11.4 Å². The average Bonchev–Trinajstić information content (AvgIpc) is 2.61. The molecule has 1 heterocycles. The van der Waals surface area contributed by atoms with E-state index in [1.54, 1.807) is 6.20 Å². The summed E-state index contributed by atoms with van der Waals surface area (Å²) < 4.78 is 3.04. The molecule has 2 rings (SSSR count). The first-order valence-electron chi connectivity index (χ1n) is 4.69. The second kappa shape index (κ2) is 4.37. The molecule has 0 unspecified atom stereocenters. The van der Waals surface area contributed by atoms with E-state index in [4.69, 9.17) is 11.6 Å². The zero-order valence-electron chi connectivity index (χ0n) is 8.24. The zero-order chi connectivity index (χ0) is 10.8. The molecule has 78 valence electrons. The van der Waals surface area contributed by atoms with Crippen molar-refractivity contribution in [2.75, 3.05) is 0 Å². The average molecular weight is 286 g/mol. The molecule has 0 bridgehead atoms. The number of hydrogen-bond acceptors (Lipinski definition) is 1. The summed E-state index contributed by atoms with van der Waals surface area (Å²) in [4.78, 5) is 4.30. The lowest BCUT2D eigenvalue weighted by Gasteiger charge is -2.05. The molecule has 15 heavy (non-hydrogen) atoms. The van der Waals surface area contributed by atoms with Crippen LogP contribution < -0.4 is 0 Å². The predicted molar refractivity (Wildman–Crippen MR) is 66.0 cm³/mol. The minimum atomic E-state index is 0.676. The van der Waals surface area contributed by atoms with Crippen molar-refractivity contribution in [2.45, 2.75) is 13.5 Å². The number of rotatable bonds is 2. The molecule has 2 aromatic rings. The third-order valence-corrected chi connectivity index (χ3v) is 3.06. The second-order valence-corrected chi connectivity index (χ2v) is 4.46. The first kappa shape index (κ1) is 10.7. The van der Waals surface area contributed by atoms with Crippen LogP contribution in [0.2, 0.25) is 5.15 Å². The van der Waals surface area contributed by atoms with Crippen LogP contribution in [0.3, 0.4) is 0 Å². The van der Waals surface area contributed by atoms with E-state index in [9.17, 15) is 0 Å². The highest BCUT2D eigenvalue weighted by Gasteiger charge is 2.08. The maximum Gasteiger partial charge on any atom is 0.141 e. The molecular formula is C11H10BrClN2. The fraction of sp³-hybridized carbons (Fsp3) is 0.182. The Balaban J connectivity index is 2.49. The van der Waals surface area contributed by atoms with E-state index in [-0.39, 0.29) is 0 Å². The lowest BCUT2D eigenvalue weighted by Crippen LogP contribution is -1.97. The first-order chi connectivity index (χ1) is 7.22. The Morgan fingerprint density at radius 1 is 1.33 bits per heavy atom. The minimum Gasteiger partial charge on any atom is -0.315 e. The molecular weight excluding hydrogens is 275 g/mol. The Kier molecular flexibility index (Phi) is 3.12. The molecule has 0 fully saturated rings. The Bertz CT molecular complexity index is 462. The van der Waals surface area contributed by atoms with E-state index in [0.29, 0.717) is 5.15 Å². The molecule has 4 heteroatoms. The number of aromatic nitrogens is 2. The van der Waals surface area contributed by atoms with Gasteiger partial charge in [-0.2, -0.15) is 0 Å². The largest absolute Gasteiger partial charge is 0.315 e. The van der Waals surface area contributed by atoms with Gasteiger partial charge in [-0.05, 0) is 19.1 Å². The maximum atomic E-state index is 6.02. The second-order valence-electron chi connectivity index (χ2n) is 3.16. The van der Waals surface area contributed by atoms with E-state index < -0.39 is 0 Å². The fourth-order valence-electron chi connectivity index (χ4n) is 1.49. The highest BCUT2D eigenvalue weighted by molar-refractivity contribution is 9.10. The third-order valence-electron chi connectivity index (χ3n) is 2.23. The predicted octanol–water partition coefficient (Wildman–Crippen LogP) is 3.99. The number of hydrogen-bond donors (Lipinski definition) is 0. The molecule has 1 aromatic heterocycles. The summed E-state index contributed by atoms with van der Waals surface area (Å²) in [6.07, 6.45) is 1.68. The summed E-state index contributed by atoms with van der Waals surface area (Å²) in [5.41, 5.74) is 1.08. The summed E-state index contributed by atoms with van der Waals surface area (Å²) in [6.45, 7) is 2.88. The summed E-state index contributed by atoms with van der Waals surface area (Å²) in [5.74, 6) is 0.912. The van der Waals surface area contributed by atoms with Crippen LogP contribution in [0.1, 0.15) is 6.92 Å². The maximum absolute atomic E-state index is 6.02. The van der Waals surface area contributed by atoms with Gasteiger partial charge in [0.25, 0.3) is 0 Å². The van der Waals surface area contributed by atoms with Crippen molar-refractivity contribution in [1.82, 2.24) is 9.55 Å². The SMILES string of the molecule is CCn1c(Cl)cnc1-c1ccc(Br)cc1. The summed E-state index contributed by atoms with van der Waals surface area (Å²) >= 11 is 9.42. The summed E-state index contributed by atoms with van der Waals surface area (Å²) in [5, 5.41) is 0.676. The van der Waals surface area contributed by atoms with Crippen LogP contribution in [-0.4, -0.2) is 9.55 Å². The van der Waals surface area contributed by atoms with Crippen LogP contribution in [-0.2, 0) is 6.54 Å². The lowest BCUT2D eigenvalue weighted by atomic mass is 10.2. The van der Waals surface area contributed by atoms with Crippen molar-refractivity contribution >= 4 is 27.5 Å². The normalized spacial score (nSPS) is 10.6. The van der Waals surface area contributed by atoms with Crippen molar-refractivity contribution in [3.05, 3.63) is 40.1 Å². The van der Waals surface area contributed by atoms with Gasteiger partial charge >= 0.3 is 0 Å². The topological polar surface area (TPSA) is 17.8 Å². The van der Waals surface area contributed by atoms with Gasteiger partial charge in [0.05, 0.1) is 6.20 Å². The quantitative estimate of drug-likeness (QED) is 0.816. The summed E-state index contributed by atoms with van der Waals surface area (Å²) in [6, 6.07) is 8.04. The smallest absolute Gasteiger partial charge is 0.141 e. The minimum absolute atomic E-state index is 0.676. The summed E-state index contributed by atoms with van der Waals surface area (Å²) in [7, 11) is 0. The van der Waals surface area contributed by atoms with Crippen LogP contribution >= 0.6 is 27.5 Å². The highest BCUT2D eigenvalue weighted by atomic mass is 79.9. The molecule has 0 N–H and O–H groups in total. The molecule has 0 spiro atoms. The third kappa shape index (κ3) is 2.08. The molecule has 0 radical (unpaired) electrons. The molecule has 0 saturated heterocycles. The van der Waals surface area contributed by atoms with Gasteiger partial charge in [0.2, 0.25) is 0 Å². The van der Waals surface area contributed by atoms with Gasteiger partial charge in [-0.15, -0.1) is 0 Å². The molecule has 0 saturated carbocycles. The standard InChI is InChI=1S/C11H10BrClN2/c1-2-15-10(13)7-14-11(15)8-3-5-9(12)6-4-8/h3-7H,2H2,1H3. The van der Waals surface area contributed by atoms with E-state index >= 15 is 0 Å². The van der Waals surface area contributed by atoms with E-state index in [0.717, 1.165) is 22.4 Å². The van der Waals surface area contributed by atoms with E-state index in [2.05, 4.69) is 27.8 Å². The Hall–Kier alpha value is -0.800. The van der Waals surface area contributed by atoms with Gasteiger partial charge in [0.1, 0.15) is 11.0 Å². The fourth-order valence-corrected chi connectivity index (χ4v) is 2.00. The Morgan fingerprint density at radius 3 is 2.60 bits per heavy atom. The molecule has 0 aliphatic carbocycles. The van der Waals surface area contributed by atoms with Gasteiger partial charge in [0.15, 0.2) is 0 Å². The number of nitrogens with zero attached hydrogens (tertiary/aromatic N) is 2. The first-order valence-corrected chi connectivity index (χ1v) is 5.86. The molecule has 0 amide bonds. The van der Waals surface area contributed by atoms with Crippen LogP contribution in [0.25, 0.3) is 11.4 Å². The lowest BCUT2D eigenvalue weighted by molar-refractivity contribution is 0.771. The van der Waals surface area contributed by atoms with E-state index in [1.165, 1.54) is 0 Å². The zero-order valence-corrected chi connectivity index (χ0v) is 10.6. The van der Waals surface area contributed by atoms with E-state index in [1.807, 2.05) is 28.8 Å². The Morgan fingerprint density at radius 2 is 2.00 bits per heavy atom. The van der Waals surface area contributed by atoms with Gasteiger partial charge in [0, 0.05) is 16.6 Å². The van der Waals surface area contributed by atoms with Crippen molar-refractivity contribution < 1.29 is 0 Å². The van der Waals surface area contributed by atoms with Crippen molar-refractivity contribution in [1.29, 1.82) is 0 Å². The van der Waals surface area contributed by atoms with Gasteiger partial charge in [-0.1, -0.05) is 39.7 Å². The van der Waals surface area contributed by atoms with Crippen LogP contribution in [0.5, 0.6) is 0 Å². The van der Waals surface area contributed by atoms with Crippen LogP contribution in [0, 0.1) is 0 Å². The Labute approximate surface area is 102 Å². The molecule has 0 aliphatic heterocycles. The van der Waals surface area contributed by atoms with Crippen LogP contribution in [0.4, 0.5) is 0 Å². The number of benzene rings is 1. The molecule has 0 atom stereocenters. The molecule has 1 aromatic carbocycles. The van der Waals surface area contributed by atoms with Crippen molar-refractivity contribution in [2.24, 2.45) is 0 Å². The highest BCUT2D eigenvalue weighted by Crippen LogP contribution is 2.23. The van der Waals surface area contributed by atoms with Crippen LogP contribution in [0.15, 0.2) is 34.9 Å². The van der Waals surface area contributed by atoms with Gasteiger partial charge in [-0.3, -0.25) is 0 Å². The molecule has 0 aliphatic rings. The van der Waals surface area contributed by atoms with Gasteiger partial charge < -0.3 is 4.57 Å². The van der Waals surface area contributed by atoms with Gasteiger partial charge in [-0.25, -0.2) is 4.98 Å².